The fourth-order valence-electron chi connectivity index (χ4n) is 1.37. The first-order valence-electron chi connectivity index (χ1n) is 5.03. The maximum absolute atomic E-state index is 11.3. The van der Waals surface area contributed by atoms with Gasteiger partial charge < -0.3 is 15.6 Å². The highest BCUT2D eigenvalue weighted by atomic mass is 32.2. The second kappa shape index (κ2) is 5.35. The maximum Gasteiger partial charge on any atom is 0.238 e. The molecule has 0 spiro atoms. The van der Waals surface area contributed by atoms with E-state index in [1.54, 1.807) is 6.92 Å². The minimum atomic E-state index is -3.82. The number of aliphatic hydroxyl groups excluding tert-OH is 1. The second-order valence-electron chi connectivity index (χ2n) is 3.61. The minimum absolute atomic E-state index is 0.00338. The van der Waals surface area contributed by atoms with E-state index in [9.17, 15) is 8.42 Å². The summed E-state index contributed by atoms with van der Waals surface area (Å²) >= 11 is 0. The summed E-state index contributed by atoms with van der Waals surface area (Å²) in [4.78, 5) is -0.0449. The van der Waals surface area contributed by atoms with Gasteiger partial charge in [0.05, 0.1) is 11.5 Å². The smallest absolute Gasteiger partial charge is 0.238 e. The molecule has 0 amide bonds. The Labute approximate surface area is 100 Å². The van der Waals surface area contributed by atoms with Crippen LogP contribution in [0.25, 0.3) is 0 Å². The molecule has 0 aromatic heterocycles. The molecule has 96 valence electrons. The van der Waals surface area contributed by atoms with Crippen molar-refractivity contribution in [1.29, 1.82) is 0 Å². The molecule has 17 heavy (non-hydrogen) atoms. The molecule has 0 aliphatic rings. The Balaban J connectivity index is 3.11. The van der Waals surface area contributed by atoms with Crippen LogP contribution in [0.4, 0.5) is 5.69 Å². The lowest BCUT2D eigenvalue weighted by Gasteiger charge is -2.12. The molecule has 0 unspecified atom stereocenters. The SMILES string of the molecule is Cc1c(OCCCO)cc(N)cc1S(N)(=O)=O. The standard InChI is InChI=1S/C10H16N2O4S/c1-7-9(16-4-2-3-13)5-8(11)6-10(7)17(12,14)15/h5-6,13H,2-4,11H2,1H3,(H2,12,14,15). The monoisotopic (exact) mass is 260 g/mol. The zero-order valence-corrected chi connectivity index (χ0v) is 10.3. The van der Waals surface area contributed by atoms with Crippen molar-refractivity contribution < 1.29 is 18.3 Å². The summed E-state index contributed by atoms with van der Waals surface area (Å²) < 4.78 is 28.0. The third kappa shape index (κ3) is 3.58. The summed E-state index contributed by atoms with van der Waals surface area (Å²) in [5.41, 5.74) is 6.26. The van der Waals surface area contributed by atoms with Gasteiger partial charge in [0.15, 0.2) is 0 Å². The first-order chi connectivity index (χ1) is 7.86. The average molecular weight is 260 g/mol. The van der Waals surface area contributed by atoms with Crippen LogP contribution in [0.3, 0.4) is 0 Å². The highest BCUT2D eigenvalue weighted by molar-refractivity contribution is 7.89. The van der Waals surface area contributed by atoms with Gasteiger partial charge in [-0.2, -0.15) is 0 Å². The van der Waals surface area contributed by atoms with Crippen LogP contribution in [0.15, 0.2) is 17.0 Å². The number of benzene rings is 1. The van der Waals surface area contributed by atoms with Crippen molar-refractivity contribution in [2.75, 3.05) is 18.9 Å². The quantitative estimate of drug-likeness (QED) is 0.508. The Morgan fingerprint density at radius 3 is 2.59 bits per heavy atom. The molecule has 1 aromatic carbocycles. The number of ether oxygens (including phenoxy) is 1. The van der Waals surface area contributed by atoms with E-state index in [-0.39, 0.29) is 23.8 Å². The molecular formula is C10H16N2O4S. The summed E-state index contributed by atoms with van der Waals surface area (Å²) in [6.45, 7) is 1.88. The summed E-state index contributed by atoms with van der Waals surface area (Å²) in [7, 11) is -3.82. The van der Waals surface area contributed by atoms with Crippen LogP contribution < -0.4 is 15.6 Å². The molecule has 0 fully saturated rings. The van der Waals surface area contributed by atoms with Crippen LogP contribution in [-0.4, -0.2) is 26.7 Å². The van der Waals surface area contributed by atoms with Crippen molar-refractivity contribution in [2.24, 2.45) is 5.14 Å². The van der Waals surface area contributed by atoms with Crippen LogP contribution in [0.5, 0.6) is 5.75 Å². The molecule has 1 rings (SSSR count). The van der Waals surface area contributed by atoms with E-state index in [0.29, 0.717) is 17.7 Å². The van der Waals surface area contributed by atoms with Crippen molar-refractivity contribution in [3.8, 4) is 5.75 Å². The van der Waals surface area contributed by atoms with E-state index >= 15 is 0 Å². The van der Waals surface area contributed by atoms with Crippen LogP contribution in [0.2, 0.25) is 0 Å². The van der Waals surface area contributed by atoms with Gasteiger partial charge in [-0.25, -0.2) is 13.6 Å². The number of anilines is 1. The van der Waals surface area contributed by atoms with Crippen molar-refractivity contribution in [3.63, 3.8) is 0 Å². The van der Waals surface area contributed by atoms with Crippen LogP contribution in [0, 0.1) is 6.92 Å². The Morgan fingerprint density at radius 1 is 1.41 bits per heavy atom. The van der Waals surface area contributed by atoms with Crippen molar-refractivity contribution in [1.82, 2.24) is 0 Å². The van der Waals surface area contributed by atoms with E-state index in [4.69, 9.17) is 20.7 Å². The van der Waals surface area contributed by atoms with Crippen molar-refractivity contribution in [3.05, 3.63) is 17.7 Å². The highest BCUT2D eigenvalue weighted by Crippen LogP contribution is 2.28. The molecule has 7 heteroatoms. The van der Waals surface area contributed by atoms with Crippen LogP contribution in [-0.2, 0) is 10.0 Å². The van der Waals surface area contributed by atoms with E-state index in [1.165, 1.54) is 12.1 Å². The minimum Gasteiger partial charge on any atom is -0.493 e. The predicted molar refractivity (Wildman–Crippen MR) is 64.2 cm³/mol. The normalized spacial score (nSPS) is 11.5. The molecule has 0 aliphatic carbocycles. The summed E-state index contributed by atoms with van der Waals surface area (Å²) in [6.07, 6.45) is 0.457. The molecular weight excluding hydrogens is 244 g/mol. The zero-order chi connectivity index (χ0) is 13.1. The van der Waals surface area contributed by atoms with E-state index in [2.05, 4.69) is 0 Å². The largest absolute Gasteiger partial charge is 0.493 e. The number of primary sulfonamides is 1. The Morgan fingerprint density at radius 2 is 2.06 bits per heavy atom. The molecule has 6 nitrogen and oxygen atoms in total. The summed E-state index contributed by atoms with van der Waals surface area (Å²) in [6, 6.07) is 2.82. The first kappa shape index (κ1) is 13.8. The number of rotatable bonds is 5. The second-order valence-corrected chi connectivity index (χ2v) is 5.14. The Hall–Kier alpha value is -1.31. The van der Waals surface area contributed by atoms with E-state index < -0.39 is 10.0 Å². The predicted octanol–water partition coefficient (Wildman–Crippen LogP) is -0.0142. The molecule has 0 saturated carbocycles. The maximum atomic E-state index is 11.3. The van der Waals surface area contributed by atoms with Gasteiger partial charge in [0.25, 0.3) is 0 Å². The van der Waals surface area contributed by atoms with Crippen LogP contribution in [0.1, 0.15) is 12.0 Å². The lowest BCUT2D eigenvalue weighted by molar-refractivity contribution is 0.232. The molecule has 0 radical (unpaired) electrons. The van der Waals surface area contributed by atoms with E-state index in [0.717, 1.165) is 0 Å². The Kier molecular flexibility index (Phi) is 4.33. The molecule has 1 aromatic rings. The van der Waals surface area contributed by atoms with Gasteiger partial charge in [-0.1, -0.05) is 0 Å². The number of hydrogen-bond acceptors (Lipinski definition) is 5. The average Bonchev–Trinajstić information content (AvgIpc) is 2.21. The van der Waals surface area contributed by atoms with Gasteiger partial charge in [0, 0.05) is 30.3 Å². The van der Waals surface area contributed by atoms with Gasteiger partial charge in [-0.05, 0) is 13.0 Å². The van der Waals surface area contributed by atoms with Gasteiger partial charge in [0.1, 0.15) is 5.75 Å². The summed E-state index contributed by atoms with van der Waals surface area (Å²) in [5, 5.41) is 13.7. The van der Waals surface area contributed by atoms with Crippen LogP contribution >= 0.6 is 0 Å². The Bertz CT molecular complexity index is 499. The molecule has 0 atom stereocenters. The number of nitrogens with two attached hydrogens (primary N) is 2. The fourth-order valence-corrected chi connectivity index (χ4v) is 2.20. The van der Waals surface area contributed by atoms with Crippen molar-refractivity contribution in [2.45, 2.75) is 18.2 Å². The fraction of sp³-hybridized carbons (Fsp3) is 0.400. The van der Waals surface area contributed by atoms with Gasteiger partial charge in [-0.15, -0.1) is 0 Å². The molecule has 5 N–H and O–H groups in total. The molecule has 0 aliphatic heterocycles. The topological polar surface area (TPSA) is 116 Å². The number of nitrogen functional groups attached to an aromatic ring is 1. The number of sulfonamides is 1. The summed E-state index contributed by atoms with van der Waals surface area (Å²) in [5.74, 6) is 0.363. The zero-order valence-electron chi connectivity index (χ0n) is 9.51. The van der Waals surface area contributed by atoms with E-state index in [1.807, 2.05) is 0 Å². The lowest BCUT2D eigenvalue weighted by atomic mass is 10.2. The van der Waals surface area contributed by atoms with Gasteiger partial charge in [0.2, 0.25) is 10.0 Å². The van der Waals surface area contributed by atoms with Gasteiger partial charge in [-0.3, -0.25) is 0 Å². The first-order valence-corrected chi connectivity index (χ1v) is 6.57. The van der Waals surface area contributed by atoms with Crippen molar-refractivity contribution >= 4 is 15.7 Å². The third-order valence-corrected chi connectivity index (χ3v) is 3.24. The molecule has 0 heterocycles. The number of hydrogen-bond donors (Lipinski definition) is 3. The highest BCUT2D eigenvalue weighted by Gasteiger charge is 2.16. The number of aliphatic hydroxyl groups is 1. The van der Waals surface area contributed by atoms with Gasteiger partial charge >= 0.3 is 0 Å². The molecule has 0 bridgehead atoms. The molecule has 0 saturated heterocycles. The lowest BCUT2D eigenvalue weighted by Crippen LogP contribution is -2.15. The third-order valence-electron chi connectivity index (χ3n) is 2.20.